The Morgan fingerprint density at radius 1 is 1.06 bits per heavy atom. The third-order valence-electron chi connectivity index (χ3n) is 5.36. The lowest BCUT2D eigenvalue weighted by Crippen LogP contribution is -2.31. The van der Waals surface area contributed by atoms with Crippen LogP contribution in [0.3, 0.4) is 0 Å². The van der Waals surface area contributed by atoms with E-state index in [4.69, 9.17) is 0 Å². The molecule has 1 aliphatic heterocycles. The summed E-state index contributed by atoms with van der Waals surface area (Å²) in [5, 5.41) is 19.0. The van der Waals surface area contributed by atoms with E-state index in [0.717, 1.165) is 37.9 Å². The third kappa shape index (κ3) is 5.35. The number of nitrogens with one attached hydrogen (secondary N) is 2. The van der Waals surface area contributed by atoms with Crippen LogP contribution in [0.25, 0.3) is 11.3 Å². The van der Waals surface area contributed by atoms with Crippen LogP contribution in [0.4, 0.5) is 22.2 Å². The Hall–Kier alpha value is -3.79. The van der Waals surface area contributed by atoms with E-state index in [1.54, 1.807) is 18.2 Å². The number of rotatable bonds is 6. The predicted octanol–water partition coefficient (Wildman–Crippen LogP) is 4.92. The Labute approximate surface area is 194 Å². The van der Waals surface area contributed by atoms with Crippen molar-refractivity contribution in [2.45, 2.75) is 26.2 Å². The van der Waals surface area contributed by atoms with Gasteiger partial charge in [-0.05, 0) is 37.5 Å². The highest BCUT2D eigenvalue weighted by molar-refractivity contribution is 7.14. The average Bonchev–Trinajstić information content (AvgIpc) is 3.27. The molecule has 3 aromatic rings. The molecule has 2 amide bonds. The van der Waals surface area contributed by atoms with Gasteiger partial charge in [0.2, 0.25) is 5.91 Å². The molecule has 2 N–H and O–H groups in total. The van der Waals surface area contributed by atoms with Crippen LogP contribution in [0.1, 0.15) is 36.5 Å². The van der Waals surface area contributed by atoms with Crippen LogP contribution < -0.4 is 15.5 Å². The van der Waals surface area contributed by atoms with Gasteiger partial charge in [0.15, 0.2) is 5.13 Å². The van der Waals surface area contributed by atoms with E-state index in [1.165, 1.54) is 30.4 Å². The molecule has 1 aliphatic rings. The summed E-state index contributed by atoms with van der Waals surface area (Å²) in [5.41, 5.74) is 3.04. The van der Waals surface area contributed by atoms with Gasteiger partial charge in [0.05, 0.1) is 21.9 Å². The summed E-state index contributed by atoms with van der Waals surface area (Å²) >= 11 is 1.27. The van der Waals surface area contributed by atoms with Crippen LogP contribution in [-0.4, -0.2) is 34.8 Å². The lowest BCUT2D eigenvalue weighted by Gasteiger charge is -2.30. The van der Waals surface area contributed by atoms with Crippen LogP contribution in [0.5, 0.6) is 0 Å². The van der Waals surface area contributed by atoms with Gasteiger partial charge in [-0.15, -0.1) is 11.3 Å². The molecule has 0 bridgehead atoms. The number of nitrogens with zero attached hydrogens (tertiary/aromatic N) is 3. The Bertz CT molecular complexity index is 1190. The molecule has 2 heterocycles. The lowest BCUT2D eigenvalue weighted by atomic mass is 10.1. The molecule has 0 unspecified atom stereocenters. The molecule has 1 fully saturated rings. The topological polar surface area (TPSA) is 117 Å². The van der Waals surface area contributed by atoms with Crippen LogP contribution in [0.15, 0.2) is 47.8 Å². The second-order valence-corrected chi connectivity index (χ2v) is 8.61. The normalized spacial score (nSPS) is 13.4. The molecule has 0 spiro atoms. The first-order valence-electron chi connectivity index (χ1n) is 10.6. The summed E-state index contributed by atoms with van der Waals surface area (Å²) in [6.45, 7) is 3.07. The third-order valence-corrected chi connectivity index (χ3v) is 6.12. The van der Waals surface area contributed by atoms with Crippen LogP contribution in [0, 0.1) is 10.1 Å². The first kappa shape index (κ1) is 22.4. The fourth-order valence-corrected chi connectivity index (χ4v) is 4.50. The van der Waals surface area contributed by atoms with Crippen LogP contribution in [-0.2, 0) is 4.79 Å². The molecule has 2 aromatic carbocycles. The maximum atomic E-state index is 13.1. The second-order valence-electron chi connectivity index (χ2n) is 7.76. The van der Waals surface area contributed by atoms with Crippen molar-refractivity contribution in [1.82, 2.24) is 4.98 Å². The van der Waals surface area contributed by atoms with Crippen molar-refractivity contribution < 1.29 is 14.5 Å². The Kier molecular flexibility index (Phi) is 6.64. The zero-order valence-electron chi connectivity index (χ0n) is 18.0. The minimum absolute atomic E-state index is 0.125. The van der Waals surface area contributed by atoms with Crippen molar-refractivity contribution in [3.05, 3.63) is 63.5 Å². The van der Waals surface area contributed by atoms with E-state index in [2.05, 4.69) is 20.5 Å². The molecule has 1 saturated heterocycles. The zero-order valence-corrected chi connectivity index (χ0v) is 18.9. The molecular weight excluding hydrogens is 442 g/mol. The molecule has 1 aromatic heterocycles. The van der Waals surface area contributed by atoms with Gasteiger partial charge >= 0.3 is 0 Å². The van der Waals surface area contributed by atoms with Gasteiger partial charge in [-0.3, -0.25) is 25.0 Å². The van der Waals surface area contributed by atoms with Gasteiger partial charge in [0, 0.05) is 48.8 Å². The summed E-state index contributed by atoms with van der Waals surface area (Å²) in [7, 11) is 0. The molecular formula is C23H23N5O4S. The maximum Gasteiger partial charge on any atom is 0.270 e. The van der Waals surface area contributed by atoms with Crippen molar-refractivity contribution in [2.24, 2.45) is 0 Å². The number of carbonyl (C=O) groups excluding carboxylic acids is 2. The molecule has 0 radical (unpaired) electrons. The fraction of sp³-hybridized carbons (Fsp3) is 0.261. The summed E-state index contributed by atoms with van der Waals surface area (Å²) in [4.78, 5) is 41.7. The zero-order chi connectivity index (χ0) is 23.4. The number of nitro groups is 1. The number of anilines is 3. The SMILES string of the molecule is CC(=O)Nc1ccc(-c2csc(NC(=O)c3cc([N+](=O)[O-])ccc3N3CCCCC3)n2)cc1. The number of hydrogen-bond acceptors (Lipinski definition) is 7. The average molecular weight is 466 g/mol. The number of thiazole rings is 1. The van der Waals surface area contributed by atoms with Crippen molar-refractivity contribution in [3.8, 4) is 11.3 Å². The van der Waals surface area contributed by atoms with Crippen molar-refractivity contribution >= 4 is 45.3 Å². The molecule has 33 heavy (non-hydrogen) atoms. The highest BCUT2D eigenvalue weighted by Gasteiger charge is 2.22. The van der Waals surface area contributed by atoms with E-state index in [1.807, 2.05) is 17.5 Å². The number of piperidine rings is 1. The van der Waals surface area contributed by atoms with Gasteiger partial charge in [-0.25, -0.2) is 4.98 Å². The Morgan fingerprint density at radius 2 is 1.79 bits per heavy atom. The number of amides is 2. The number of hydrogen-bond donors (Lipinski definition) is 2. The van der Waals surface area contributed by atoms with Gasteiger partial charge < -0.3 is 10.2 Å². The van der Waals surface area contributed by atoms with Gasteiger partial charge in [-0.1, -0.05) is 12.1 Å². The smallest absolute Gasteiger partial charge is 0.270 e. The molecule has 9 nitrogen and oxygen atoms in total. The number of carbonyl (C=O) groups is 2. The quantitative estimate of drug-likeness (QED) is 0.394. The van der Waals surface area contributed by atoms with E-state index in [0.29, 0.717) is 22.2 Å². The molecule has 0 atom stereocenters. The van der Waals surface area contributed by atoms with E-state index in [9.17, 15) is 19.7 Å². The van der Waals surface area contributed by atoms with Crippen molar-refractivity contribution in [1.29, 1.82) is 0 Å². The number of benzene rings is 2. The first-order valence-corrected chi connectivity index (χ1v) is 11.5. The fourth-order valence-electron chi connectivity index (χ4n) is 3.79. The summed E-state index contributed by atoms with van der Waals surface area (Å²) in [6.07, 6.45) is 3.18. The van der Waals surface area contributed by atoms with Gasteiger partial charge in [0.25, 0.3) is 11.6 Å². The van der Waals surface area contributed by atoms with Crippen molar-refractivity contribution in [3.63, 3.8) is 0 Å². The minimum atomic E-state index is -0.497. The standard InChI is InChI=1S/C23H23N5O4S/c1-15(29)24-17-7-5-16(6-8-17)20-14-33-23(25-20)26-22(30)19-13-18(28(31)32)9-10-21(19)27-11-3-2-4-12-27/h5-10,13-14H,2-4,11-12H2,1H3,(H,24,29)(H,25,26,30). The Balaban J connectivity index is 1.55. The molecule has 170 valence electrons. The summed E-state index contributed by atoms with van der Waals surface area (Å²) in [5.74, 6) is -0.576. The van der Waals surface area contributed by atoms with Gasteiger partial charge in [0.1, 0.15) is 0 Å². The maximum absolute atomic E-state index is 13.1. The lowest BCUT2D eigenvalue weighted by molar-refractivity contribution is -0.384. The minimum Gasteiger partial charge on any atom is -0.371 e. The first-order chi connectivity index (χ1) is 15.9. The number of nitro benzene ring substituents is 1. The van der Waals surface area contributed by atoms with Crippen LogP contribution in [0.2, 0.25) is 0 Å². The number of aromatic nitrogens is 1. The Morgan fingerprint density at radius 3 is 2.45 bits per heavy atom. The van der Waals surface area contributed by atoms with E-state index in [-0.39, 0.29) is 17.2 Å². The summed E-state index contributed by atoms with van der Waals surface area (Å²) in [6, 6.07) is 11.6. The molecule has 0 saturated carbocycles. The summed E-state index contributed by atoms with van der Waals surface area (Å²) < 4.78 is 0. The van der Waals surface area contributed by atoms with Gasteiger partial charge in [-0.2, -0.15) is 0 Å². The van der Waals surface area contributed by atoms with Crippen molar-refractivity contribution in [2.75, 3.05) is 28.6 Å². The largest absolute Gasteiger partial charge is 0.371 e. The highest BCUT2D eigenvalue weighted by Crippen LogP contribution is 2.30. The molecule has 0 aliphatic carbocycles. The molecule has 10 heteroatoms. The van der Waals surface area contributed by atoms with Crippen LogP contribution >= 0.6 is 11.3 Å². The molecule has 4 rings (SSSR count). The van der Waals surface area contributed by atoms with E-state index >= 15 is 0 Å². The predicted molar refractivity (Wildman–Crippen MR) is 129 cm³/mol. The number of non-ortho nitro benzene ring substituents is 1. The highest BCUT2D eigenvalue weighted by atomic mass is 32.1. The van der Waals surface area contributed by atoms with E-state index < -0.39 is 10.8 Å². The second kappa shape index (κ2) is 9.78. The monoisotopic (exact) mass is 465 g/mol.